The molecule has 4 heteroatoms. The molecule has 2 rings (SSSR count). The second-order valence-electron chi connectivity index (χ2n) is 5.92. The smallest absolute Gasteiger partial charge is 0.248 e. The Kier molecular flexibility index (Phi) is 4.78. The molecule has 1 aliphatic carbocycles. The van der Waals surface area contributed by atoms with Crippen LogP contribution in [0.1, 0.15) is 53.6 Å². The van der Waals surface area contributed by atoms with Gasteiger partial charge >= 0.3 is 0 Å². The molecule has 1 saturated carbocycles. The number of ether oxygens (including phenoxy) is 1. The molecule has 0 heterocycles. The molecular weight excluding hydrogens is 252 g/mol. The van der Waals surface area contributed by atoms with Gasteiger partial charge in [0, 0.05) is 11.1 Å². The van der Waals surface area contributed by atoms with E-state index < -0.39 is 5.91 Å². The van der Waals surface area contributed by atoms with Crippen molar-refractivity contribution in [3.63, 3.8) is 0 Å². The highest BCUT2D eigenvalue weighted by Gasteiger charge is 2.27. The third-order valence-corrected chi connectivity index (χ3v) is 4.12. The first-order valence-electron chi connectivity index (χ1n) is 7.26. The van der Waals surface area contributed by atoms with Gasteiger partial charge in [0.2, 0.25) is 5.91 Å². The van der Waals surface area contributed by atoms with E-state index in [4.69, 9.17) is 16.2 Å². The van der Waals surface area contributed by atoms with Gasteiger partial charge in [-0.05, 0) is 43.0 Å². The summed E-state index contributed by atoms with van der Waals surface area (Å²) in [6, 6.07) is 5.45. The third kappa shape index (κ3) is 3.81. The molecule has 20 heavy (non-hydrogen) atoms. The fourth-order valence-electron chi connectivity index (χ4n) is 2.78. The quantitative estimate of drug-likeness (QED) is 0.866. The summed E-state index contributed by atoms with van der Waals surface area (Å²) in [6.45, 7) is 3.10. The fourth-order valence-corrected chi connectivity index (χ4v) is 2.78. The SMILES string of the molecule is Cc1cc(C(N)=O)ccc1COCC1(N)CCCCC1. The minimum atomic E-state index is -0.399. The van der Waals surface area contributed by atoms with Crippen LogP contribution in [0.3, 0.4) is 0 Å². The first-order valence-corrected chi connectivity index (χ1v) is 7.26. The summed E-state index contributed by atoms with van der Waals surface area (Å²) in [6.07, 6.45) is 5.78. The summed E-state index contributed by atoms with van der Waals surface area (Å²) < 4.78 is 5.80. The normalized spacial score (nSPS) is 17.9. The van der Waals surface area contributed by atoms with Gasteiger partial charge in [0.1, 0.15) is 0 Å². The predicted octanol–water partition coefficient (Wildman–Crippen LogP) is 2.27. The van der Waals surface area contributed by atoms with E-state index in [9.17, 15) is 4.79 Å². The van der Waals surface area contributed by atoms with E-state index in [0.29, 0.717) is 18.8 Å². The van der Waals surface area contributed by atoms with Crippen LogP contribution in [0.4, 0.5) is 0 Å². The molecule has 0 aliphatic heterocycles. The van der Waals surface area contributed by atoms with Gasteiger partial charge in [-0.15, -0.1) is 0 Å². The number of aryl methyl sites for hydroxylation is 1. The molecule has 1 aliphatic rings. The van der Waals surface area contributed by atoms with Gasteiger partial charge in [-0.25, -0.2) is 0 Å². The number of carbonyl (C=O) groups excluding carboxylic acids is 1. The van der Waals surface area contributed by atoms with Crippen molar-refractivity contribution < 1.29 is 9.53 Å². The van der Waals surface area contributed by atoms with Crippen LogP contribution >= 0.6 is 0 Å². The number of nitrogens with two attached hydrogens (primary N) is 2. The minimum absolute atomic E-state index is 0.153. The highest BCUT2D eigenvalue weighted by molar-refractivity contribution is 5.93. The van der Waals surface area contributed by atoms with Crippen molar-refractivity contribution >= 4 is 5.91 Å². The predicted molar refractivity (Wildman–Crippen MR) is 79.4 cm³/mol. The lowest BCUT2D eigenvalue weighted by atomic mass is 9.83. The lowest BCUT2D eigenvalue weighted by molar-refractivity contribution is 0.0572. The summed E-state index contributed by atoms with van der Waals surface area (Å²) in [5.41, 5.74) is 14.1. The van der Waals surface area contributed by atoms with Crippen LogP contribution in [0.2, 0.25) is 0 Å². The van der Waals surface area contributed by atoms with E-state index in [-0.39, 0.29) is 5.54 Å². The molecular formula is C16H24N2O2. The molecule has 0 saturated heterocycles. The van der Waals surface area contributed by atoms with Gasteiger partial charge in [-0.2, -0.15) is 0 Å². The number of primary amides is 1. The van der Waals surface area contributed by atoms with Crippen LogP contribution < -0.4 is 11.5 Å². The van der Waals surface area contributed by atoms with E-state index in [0.717, 1.165) is 24.0 Å². The Labute approximate surface area is 120 Å². The first kappa shape index (κ1) is 15.0. The molecule has 0 spiro atoms. The molecule has 0 unspecified atom stereocenters. The molecule has 1 amide bonds. The van der Waals surface area contributed by atoms with Gasteiger partial charge in [0.05, 0.1) is 13.2 Å². The zero-order valence-corrected chi connectivity index (χ0v) is 12.2. The first-order chi connectivity index (χ1) is 9.50. The second-order valence-corrected chi connectivity index (χ2v) is 5.92. The number of benzene rings is 1. The number of hydrogen-bond acceptors (Lipinski definition) is 3. The average molecular weight is 276 g/mol. The number of hydrogen-bond donors (Lipinski definition) is 2. The van der Waals surface area contributed by atoms with Crippen molar-refractivity contribution in [2.45, 2.75) is 51.2 Å². The summed E-state index contributed by atoms with van der Waals surface area (Å²) in [5.74, 6) is -0.399. The molecule has 1 aromatic rings. The summed E-state index contributed by atoms with van der Waals surface area (Å²) in [7, 11) is 0. The van der Waals surface area contributed by atoms with Gasteiger partial charge in [-0.1, -0.05) is 25.3 Å². The molecule has 1 aromatic carbocycles. The lowest BCUT2D eigenvalue weighted by Gasteiger charge is -2.33. The van der Waals surface area contributed by atoms with Gasteiger partial charge in [-0.3, -0.25) is 4.79 Å². The van der Waals surface area contributed by atoms with Crippen LogP contribution in [0.25, 0.3) is 0 Å². The lowest BCUT2D eigenvalue weighted by Crippen LogP contribution is -2.46. The molecule has 0 radical (unpaired) electrons. The summed E-state index contributed by atoms with van der Waals surface area (Å²) >= 11 is 0. The van der Waals surface area contributed by atoms with Gasteiger partial charge in [0.15, 0.2) is 0 Å². The Balaban J connectivity index is 1.89. The highest BCUT2D eigenvalue weighted by atomic mass is 16.5. The van der Waals surface area contributed by atoms with Crippen LogP contribution in [-0.2, 0) is 11.3 Å². The van der Waals surface area contributed by atoms with E-state index in [1.807, 2.05) is 13.0 Å². The maximum Gasteiger partial charge on any atom is 0.248 e. The molecule has 4 N–H and O–H groups in total. The summed E-state index contributed by atoms with van der Waals surface area (Å²) in [4.78, 5) is 11.1. The van der Waals surface area contributed by atoms with Crippen LogP contribution in [0, 0.1) is 6.92 Å². The molecule has 110 valence electrons. The largest absolute Gasteiger partial charge is 0.375 e. The fraction of sp³-hybridized carbons (Fsp3) is 0.562. The van der Waals surface area contributed by atoms with Gasteiger partial charge < -0.3 is 16.2 Å². The van der Waals surface area contributed by atoms with Gasteiger partial charge in [0.25, 0.3) is 0 Å². The number of amides is 1. The standard InChI is InChI=1S/C16H24N2O2/c1-12-9-13(15(17)19)5-6-14(12)10-20-11-16(18)7-3-2-4-8-16/h5-6,9H,2-4,7-8,10-11,18H2,1H3,(H2,17,19). The van der Waals surface area contributed by atoms with Crippen molar-refractivity contribution in [2.75, 3.05) is 6.61 Å². The maximum absolute atomic E-state index is 11.1. The Hall–Kier alpha value is -1.39. The topological polar surface area (TPSA) is 78.3 Å². The van der Waals surface area contributed by atoms with E-state index >= 15 is 0 Å². The third-order valence-electron chi connectivity index (χ3n) is 4.12. The Bertz CT molecular complexity index is 479. The van der Waals surface area contributed by atoms with E-state index in [2.05, 4.69) is 0 Å². The van der Waals surface area contributed by atoms with E-state index in [1.54, 1.807) is 12.1 Å². The number of rotatable bonds is 5. The molecule has 1 fully saturated rings. The zero-order chi connectivity index (χ0) is 14.6. The van der Waals surface area contributed by atoms with Crippen molar-refractivity contribution in [1.82, 2.24) is 0 Å². The van der Waals surface area contributed by atoms with Crippen molar-refractivity contribution in [3.05, 3.63) is 34.9 Å². The Morgan fingerprint density at radius 3 is 2.60 bits per heavy atom. The van der Waals surface area contributed by atoms with Crippen molar-refractivity contribution in [1.29, 1.82) is 0 Å². The highest BCUT2D eigenvalue weighted by Crippen LogP contribution is 2.26. The Morgan fingerprint density at radius 1 is 1.30 bits per heavy atom. The second kappa shape index (κ2) is 6.37. The molecule has 0 aromatic heterocycles. The van der Waals surface area contributed by atoms with E-state index in [1.165, 1.54) is 19.3 Å². The molecule has 0 bridgehead atoms. The molecule has 0 atom stereocenters. The monoisotopic (exact) mass is 276 g/mol. The zero-order valence-electron chi connectivity index (χ0n) is 12.2. The average Bonchev–Trinajstić information content (AvgIpc) is 2.41. The van der Waals surface area contributed by atoms with Crippen LogP contribution in [0.15, 0.2) is 18.2 Å². The summed E-state index contributed by atoms with van der Waals surface area (Å²) in [5, 5.41) is 0. The maximum atomic E-state index is 11.1. The van der Waals surface area contributed by atoms with Crippen LogP contribution in [-0.4, -0.2) is 18.1 Å². The van der Waals surface area contributed by atoms with Crippen molar-refractivity contribution in [3.8, 4) is 0 Å². The van der Waals surface area contributed by atoms with Crippen molar-refractivity contribution in [2.24, 2.45) is 11.5 Å². The molecule has 4 nitrogen and oxygen atoms in total. The number of carbonyl (C=O) groups is 1. The van der Waals surface area contributed by atoms with Crippen LogP contribution in [0.5, 0.6) is 0 Å². The Morgan fingerprint density at radius 2 is 2.00 bits per heavy atom. The minimum Gasteiger partial charge on any atom is -0.375 e.